The van der Waals surface area contributed by atoms with Crippen LogP contribution in [0.25, 0.3) is 0 Å². The van der Waals surface area contributed by atoms with Crippen LogP contribution in [0.4, 0.5) is 0 Å². The number of aliphatic hydroxyl groups excluding tert-OH is 1. The summed E-state index contributed by atoms with van der Waals surface area (Å²) in [6.07, 6.45) is 0. The lowest BCUT2D eigenvalue weighted by Crippen LogP contribution is -2.42. The van der Waals surface area contributed by atoms with Crippen LogP contribution in [0.5, 0.6) is 0 Å². The van der Waals surface area contributed by atoms with Gasteiger partial charge < -0.3 is 10.4 Å². The molecule has 0 unspecified atom stereocenters. The second kappa shape index (κ2) is 4.17. The molecule has 0 aliphatic rings. The molecular weight excluding hydrogens is 184 g/mol. The minimum atomic E-state index is -0.225. The molecule has 0 radical (unpaired) electrons. The Morgan fingerprint density at radius 3 is 2.77 bits per heavy atom. The molecule has 0 bridgehead atoms. The fourth-order valence-electron chi connectivity index (χ4n) is 0.875. The van der Waals surface area contributed by atoms with Gasteiger partial charge in [0.15, 0.2) is 0 Å². The predicted molar refractivity (Wildman–Crippen MR) is 54.9 cm³/mol. The van der Waals surface area contributed by atoms with Gasteiger partial charge in [-0.1, -0.05) is 0 Å². The number of thiazole rings is 1. The Morgan fingerprint density at radius 1 is 1.62 bits per heavy atom. The second-order valence-corrected chi connectivity index (χ2v) is 4.82. The molecule has 0 amide bonds. The SMILES string of the molecule is Cc1nc(CNC(C)(C)CO)cs1. The van der Waals surface area contributed by atoms with E-state index in [1.165, 1.54) is 0 Å². The molecule has 0 aliphatic heterocycles. The van der Waals surface area contributed by atoms with Gasteiger partial charge in [0.05, 0.1) is 17.3 Å². The zero-order valence-electron chi connectivity index (χ0n) is 8.29. The van der Waals surface area contributed by atoms with E-state index in [-0.39, 0.29) is 12.1 Å². The second-order valence-electron chi connectivity index (χ2n) is 3.75. The predicted octanol–water partition coefficient (Wildman–Crippen LogP) is 1.31. The van der Waals surface area contributed by atoms with E-state index in [4.69, 9.17) is 5.11 Å². The van der Waals surface area contributed by atoms with Crippen LogP contribution in [0.15, 0.2) is 5.38 Å². The first kappa shape index (κ1) is 10.6. The van der Waals surface area contributed by atoms with Gasteiger partial charge >= 0.3 is 0 Å². The maximum atomic E-state index is 9.00. The van der Waals surface area contributed by atoms with Gasteiger partial charge in [0.25, 0.3) is 0 Å². The highest BCUT2D eigenvalue weighted by atomic mass is 32.1. The Balaban J connectivity index is 2.43. The first-order chi connectivity index (χ1) is 6.03. The zero-order chi connectivity index (χ0) is 9.90. The average Bonchev–Trinajstić information content (AvgIpc) is 2.48. The van der Waals surface area contributed by atoms with Crippen LogP contribution in [-0.4, -0.2) is 22.2 Å². The van der Waals surface area contributed by atoms with E-state index in [1.807, 2.05) is 26.2 Å². The molecule has 2 N–H and O–H groups in total. The fourth-order valence-corrected chi connectivity index (χ4v) is 1.49. The third-order valence-corrected chi connectivity index (χ3v) is 2.63. The summed E-state index contributed by atoms with van der Waals surface area (Å²) in [5.74, 6) is 0. The number of rotatable bonds is 4. The van der Waals surface area contributed by atoms with Gasteiger partial charge in [-0.05, 0) is 20.8 Å². The van der Waals surface area contributed by atoms with Crippen LogP contribution in [-0.2, 0) is 6.54 Å². The maximum absolute atomic E-state index is 9.00. The van der Waals surface area contributed by atoms with Crippen LogP contribution in [0.1, 0.15) is 24.5 Å². The lowest BCUT2D eigenvalue weighted by Gasteiger charge is -2.22. The molecule has 1 rings (SSSR count). The molecule has 4 heteroatoms. The molecule has 0 atom stereocenters. The van der Waals surface area contributed by atoms with E-state index in [9.17, 15) is 0 Å². The molecular formula is C9H16N2OS. The third kappa shape index (κ3) is 3.42. The Morgan fingerprint density at radius 2 is 2.31 bits per heavy atom. The summed E-state index contributed by atoms with van der Waals surface area (Å²) in [4.78, 5) is 4.32. The van der Waals surface area contributed by atoms with Gasteiger partial charge in [0.2, 0.25) is 0 Å². The molecule has 13 heavy (non-hydrogen) atoms. The summed E-state index contributed by atoms with van der Waals surface area (Å²) in [6, 6.07) is 0. The highest BCUT2D eigenvalue weighted by Crippen LogP contribution is 2.09. The van der Waals surface area contributed by atoms with Crippen molar-refractivity contribution in [2.75, 3.05) is 6.61 Å². The minimum Gasteiger partial charge on any atom is -0.394 e. The van der Waals surface area contributed by atoms with E-state index in [2.05, 4.69) is 10.3 Å². The fraction of sp³-hybridized carbons (Fsp3) is 0.667. The standard InChI is InChI=1S/C9H16N2OS/c1-7-11-8(5-13-7)4-10-9(2,3)6-12/h5,10,12H,4,6H2,1-3H3. The van der Waals surface area contributed by atoms with Crippen molar-refractivity contribution in [3.8, 4) is 0 Å². The van der Waals surface area contributed by atoms with Gasteiger partial charge in [-0.15, -0.1) is 11.3 Å². The highest BCUT2D eigenvalue weighted by molar-refractivity contribution is 7.09. The Labute approximate surface area is 82.8 Å². The normalized spacial score (nSPS) is 12.0. The molecule has 0 aromatic carbocycles. The van der Waals surface area contributed by atoms with Gasteiger partial charge in [-0.25, -0.2) is 4.98 Å². The molecule has 3 nitrogen and oxygen atoms in total. The van der Waals surface area contributed by atoms with Crippen LogP contribution in [0.3, 0.4) is 0 Å². The summed E-state index contributed by atoms with van der Waals surface area (Å²) < 4.78 is 0. The van der Waals surface area contributed by atoms with Gasteiger partial charge in [0.1, 0.15) is 0 Å². The number of aliphatic hydroxyl groups is 1. The summed E-state index contributed by atoms with van der Waals surface area (Å²) >= 11 is 1.65. The number of nitrogens with one attached hydrogen (secondary N) is 1. The molecule has 0 spiro atoms. The quantitative estimate of drug-likeness (QED) is 0.770. The Bertz CT molecular complexity index is 270. The van der Waals surface area contributed by atoms with Crippen molar-refractivity contribution in [1.82, 2.24) is 10.3 Å². The minimum absolute atomic E-state index is 0.135. The number of hydrogen-bond donors (Lipinski definition) is 2. The molecule has 1 aromatic rings. The number of hydrogen-bond acceptors (Lipinski definition) is 4. The maximum Gasteiger partial charge on any atom is 0.0897 e. The van der Waals surface area contributed by atoms with E-state index in [1.54, 1.807) is 11.3 Å². The van der Waals surface area contributed by atoms with E-state index in [0.29, 0.717) is 0 Å². The first-order valence-electron chi connectivity index (χ1n) is 4.30. The van der Waals surface area contributed by atoms with Crippen molar-refractivity contribution in [2.45, 2.75) is 32.9 Å². The van der Waals surface area contributed by atoms with Crippen molar-refractivity contribution in [1.29, 1.82) is 0 Å². The topological polar surface area (TPSA) is 45.2 Å². The Kier molecular flexibility index (Phi) is 3.41. The average molecular weight is 200 g/mol. The van der Waals surface area contributed by atoms with Gasteiger partial charge in [-0.2, -0.15) is 0 Å². The monoisotopic (exact) mass is 200 g/mol. The van der Waals surface area contributed by atoms with Crippen LogP contribution >= 0.6 is 11.3 Å². The van der Waals surface area contributed by atoms with Crippen LogP contribution in [0, 0.1) is 6.92 Å². The molecule has 0 saturated heterocycles. The van der Waals surface area contributed by atoms with E-state index < -0.39 is 0 Å². The lowest BCUT2D eigenvalue weighted by atomic mass is 10.1. The van der Waals surface area contributed by atoms with Crippen LogP contribution < -0.4 is 5.32 Å². The van der Waals surface area contributed by atoms with E-state index >= 15 is 0 Å². The van der Waals surface area contributed by atoms with Crippen molar-refractivity contribution in [2.24, 2.45) is 0 Å². The van der Waals surface area contributed by atoms with Gasteiger partial charge in [-0.3, -0.25) is 0 Å². The largest absolute Gasteiger partial charge is 0.394 e. The smallest absolute Gasteiger partial charge is 0.0897 e. The van der Waals surface area contributed by atoms with Crippen molar-refractivity contribution >= 4 is 11.3 Å². The summed E-state index contributed by atoms with van der Waals surface area (Å²) in [7, 11) is 0. The van der Waals surface area contributed by atoms with Crippen molar-refractivity contribution < 1.29 is 5.11 Å². The van der Waals surface area contributed by atoms with Crippen molar-refractivity contribution in [3.05, 3.63) is 16.1 Å². The molecule has 1 heterocycles. The first-order valence-corrected chi connectivity index (χ1v) is 5.18. The number of nitrogens with zero attached hydrogens (tertiary/aromatic N) is 1. The summed E-state index contributed by atoms with van der Waals surface area (Å²) in [5.41, 5.74) is 0.821. The number of aromatic nitrogens is 1. The molecule has 0 aliphatic carbocycles. The zero-order valence-corrected chi connectivity index (χ0v) is 9.11. The molecule has 74 valence electrons. The summed E-state index contributed by atoms with van der Waals surface area (Å²) in [6.45, 7) is 6.78. The van der Waals surface area contributed by atoms with Crippen molar-refractivity contribution in [3.63, 3.8) is 0 Å². The third-order valence-electron chi connectivity index (χ3n) is 1.81. The van der Waals surface area contributed by atoms with E-state index in [0.717, 1.165) is 17.2 Å². The molecule has 0 saturated carbocycles. The molecule has 0 fully saturated rings. The Hall–Kier alpha value is -0.450. The number of aryl methyl sites for hydroxylation is 1. The molecule has 1 aromatic heterocycles. The van der Waals surface area contributed by atoms with Gasteiger partial charge in [0, 0.05) is 17.5 Å². The highest BCUT2D eigenvalue weighted by Gasteiger charge is 2.15. The van der Waals surface area contributed by atoms with Crippen LogP contribution in [0.2, 0.25) is 0 Å². The summed E-state index contributed by atoms with van der Waals surface area (Å²) in [5, 5.41) is 15.3. The lowest BCUT2D eigenvalue weighted by molar-refractivity contribution is 0.187.